The molecule has 2 heteroatoms. The molecular formula is C11H12N2. The largest absolute Gasteiger partial charge is 0.397 e. The van der Waals surface area contributed by atoms with Crippen molar-refractivity contribution in [2.45, 2.75) is 18.8 Å². The Kier molecular flexibility index (Phi) is 1.23. The zero-order chi connectivity index (χ0) is 8.84. The average molecular weight is 172 g/mol. The van der Waals surface area contributed by atoms with Crippen LogP contribution in [0.4, 0.5) is 5.69 Å². The highest BCUT2D eigenvalue weighted by Crippen LogP contribution is 2.41. The lowest BCUT2D eigenvalue weighted by Crippen LogP contribution is -1.85. The Balaban J connectivity index is 2.26. The fourth-order valence-corrected chi connectivity index (χ4v) is 1.82. The molecule has 0 spiro atoms. The molecule has 66 valence electrons. The van der Waals surface area contributed by atoms with Gasteiger partial charge in [-0.25, -0.2) is 0 Å². The number of rotatable bonds is 1. The molecule has 0 amide bonds. The highest BCUT2D eigenvalue weighted by atomic mass is 14.8. The summed E-state index contributed by atoms with van der Waals surface area (Å²) < 4.78 is 0. The molecule has 1 fully saturated rings. The van der Waals surface area contributed by atoms with E-state index in [2.05, 4.69) is 17.1 Å². The van der Waals surface area contributed by atoms with Crippen LogP contribution in [0.5, 0.6) is 0 Å². The van der Waals surface area contributed by atoms with E-state index in [1.54, 1.807) is 0 Å². The molecule has 1 aliphatic rings. The van der Waals surface area contributed by atoms with E-state index in [-0.39, 0.29) is 0 Å². The number of nitrogens with two attached hydrogens (primary N) is 1. The van der Waals surface area contributed by atoms with Gasteiger partial charge in [-0.3, -0.25) is 0 Å². The van der Waals surface area contributed by atoms with Gasteiger partial charge in [-0.05, 0) is 30.9 Å². The van der Waals surface area contributed by atoms with Gasteiger partial charge in [0.05, 0.1) is 11.2 Å². The first kappa shape index (κ1) is 7.01. The second-order valence-electron chi connectivity index (χ2n) is 3.81. The number of hydrogen-bond acceptors (Lipinski definition) is 1. The van der Waals surface area contributed by atoms with Crippen molar-refractivity contribution < 1.29 is 0 Å². The summed E-state index contributed by atoms with van der Waals surface area (Å²) in [4.78, 5) is 3.40. The Morgan fingerprint density at radius 3 is 2.85 bits per heavy atom. The summed E-state index contributed by atoms with van der Waals surface area (Å²) in [5.41, 5.74) is 9.17. The first-order valence-electron chi connectivity index (χ1n) is 4.72. The quantitative estimate of drug-likeness (QED) is 0.638. The number of anilines is 1. The van der Waals surface area contributed by atoms with Crippen LogP contribution in [0.2, 0.25) is 0 Å². The van der Waals surface area contributed by atoms with E-state index >= 15 is 0 Å². The normalized spacial score (nSPS) is 16.6. The van der Waals surface area contributed by atoms with Crippen molar-refractivity contribution in [3.8, 4) is 0 Å². The maximum atomic E-state index is 5.86. The Labute approximate surface area is 76.8 Å². The minimum Gasteiger partial charge on any atom is -0.397 e. The number of nitrogen functional groups attached to an aromatic ring is 1. The summed E-state index contributed by atoms with van der Waals surface area (Å²) in [5.74, 6) is 0.770. The van der Waals surface area contributed by atoms with Crippen LogP contribution in [0.1, 0.15) is 24.5 Å². The van der Waals surface area contributed by atoms with Crippen LogP contribution in [0, 0.1) is 0 Å². The number of fused-ring (bicyclic) bond motifs is 1. The van der Waals surface area contributed by atoms with Gasteiger partial charge in [0.2, 0.25) is 0 Å². The first-order valence-corrected chi connectivity index (χ1v) is 4.72. The molecule has 3 N–H and O–H groups in total. The van der Waals surface area contributed by atoms with Gasteiger partial charge in [0, 0.05) is 11.1 Å². The van der Waals surface area contributed by atoms with Crippen molar-refractivity contribution >= 4 is 16.6 Å². The van der Waals surface area contributed by atoms with Crippen molar-refractivity contribution in [1.82, 2.24) is 4.98 Å². The van der Waals surface area contributed by atoms with Gasteiger partial charge < -0.3 is 10.7 Å². The molecule has 3 rings (SSSR count). The maximum Gasteiger partial charge on any atom is 0.0689 e. The Morgan fingerprint density at radius 2 is 2.15 bits per heavy atom. The van der Waals surface area contributed by atoms with Gasteiger partial charge in [0.15, 0.2) is 0 Å². The molecule has 0 bridgehead atoms. The number of aromatic amines is 1. The van der Waals surface area contributed by atoms with Gasteiger partial charge in [-0.1, -0.05) is 12.1 Å². The molecular weight excluding hydrogens is 160 g/mol. The third-order valence-electron chi connectivity index (χ3n) is 2.73. The van der Waals surface area contributed by atoms with Crippen molar-refractivity contribution in [3.63, 3.8) is 0 Å². The van der Waals surface area contributed by atoms with Crippen LogP contribution in [0.15, 0.2) is 24.3 Å². The van der Waals surface area contributed by atoms with Crippen LogP contribution in [0.25, 0.3) is 10.9 Å². The summed E-state index contributed by atoms with van der Waals surface area (Å²) >= 11 is 0. The smallest absolute Gasteiger partial charge is 0.0689 e. The lowest BCUT2D eigenvalue weighted by atomic mass is 10.2. The van der Waals surface area contributed by atoms with Gasteiger partial charge in [-0.15, -0.1) is 0 Å². The summed E-state index contributed by atoms with van der Waals surface area (Å²) in [5, 5.41) is 1.24. The molecule has 1 aromatic heterocycles. The fourth-order valence-electron chi connectivity index (χ4n) is 1.82. The topological polar surface area (TPSA) is 41.8 Å². The third-order valence-corrected chi connectivity index (χ3v) is 2.73. The van der Waals surface area contributed by atoms with Crippen molar-refractivity contribution in [1.29, 1.82) is 0 Å². The Bertz CT molecular complexity index is 452. The molecule has 2 nitrogen and oxygen atoms in total. The van der Waals surface area contributed by atoms with Crippen LogP contribution >= 0.6 is 0 Å². The highest BCUT2D eigenvalue weighted by Gasteiger charge is 2.25. The standard InChI is InChI=1S/C11H12N2/c12-9-3-1-2-8-6-10(7-4-5-7)13-11(8)9/h1-3,6-7,13H,4-5,12H2. The summed E-state index contributed by atoms with van der Waals surface area (Å²) in [6, 6.07) is 8.27. The van der Waals surface area contributed by atoms with E-state index in [1.165, 1.54) is 23.9 Å². The number of aromatic nitrogens is 1. The second kappa shape index (κ2) is 2.28. The predicted molar refractivity (Wildman–Crippen MR) is 54.7 cm³/mol. The zero-order valence-electron chi connectivity index (χ0n) is 7.38. The summed E-state index contributed by atoms with van der Waals surface area (Å²) in [6.45, 7) is 0. The predicted octanol–water partition coefficient (Wildman–Crippen LogP) is 2.63. The van der Waals surface area contributed by atoms with E-state index in [9.17, 15) is 0 Å². The minimum atomic E-state index is 0.770. The van der Waals surface area contributed by atoms with E-state index in [4.69, 9.17) is 5.73 Å². The van der Waals surface area contributed by atoms with Crippen molar-refractivity contribution in [2.75, 3.05) is 5.73 Å². The molecule has 0 radical (unpaired) electrons. The molecule has 1 saturated carbocycles. The SMILES string of the molecule is Nc1cccc2cc(C3CC3)[nH]c12. The minimum absolute atomic E-state index is 0.770. The van der Waals surface area contributed by atoms with Crippen molar-refractivity contribution in [3.05, 3.63) is 30.0 Å². The van der Waals surface area contributed by atoms with Crippen molar-refractivity contribution in [2.24, 2.45) is 0 Å². The summed E-state index contributed by atoms with van der Waals surface area (Å²) in [7, 11) is 0. The van der Waals surface area contributed by atoms with Crippen LogP contribution in [-0.2, 0) is 0 Å². The maximum absolute atomic E-state index is 5.86. The van der Waals surface area contributed by atoms with E-state index in [0.29, 0.717) is 0 Å². The molecule has 1 heterocycles. The number of H-pyrrole nitrogens is 1. The van der Waals surface area contributed by atoms with Gasteiger partial charge in [-0.2, -0.15) is 0 Å². The lowest BCUT2D eigenvalue weighted by Gasteiger charge is -1.93. The van der Waals surface area contributed by atoms with Gasteiger partial charge in [0.1, 0.15) is 0 Å². The molecule has 0 unspecified atom stereocenters. The van der Waals surface area contributed by atoms with E-state index < -0.39 is 0 Å². The van der Waals surface area contributed by atoms with Crippen LogP contribution in [-0.4, -0.2) is 4.98 Å². The van der Waals surface area contributed by atoms with Gasteiger partial charge in [0.25, 0.3) is 0 Å². The van der Waals surface area contributed by atoms with E-state index in [0.717, 1.165) is 17.1 Å². The fraction of sp³-hybridized carbons (Fsp3) is 0.273. The Morgan fingerprint density at radius 1 is 1.31 bits per heavy atom. The first-order chi connectivity index (χ1) is 6.34. The van der Waals surface area contributed by atoms with Crippen LogP contribution in [0.3, 0.4) is 0 Å². The Hall–Kier alpha value is -1.44. The molecule has 0 atom stereocenters. The molecule has 1 aromatic carbocycles. The third kappa shape index (κ3) is 1.02. The number of benzene rings is 1. The molecule has 1 aliphatic carbocycles. The molecule has 13 heavy (non-hydrogen) atoms. The summed E-state index contributed by atoms with van der Waals surface area (Å²) in [6.07, 6.45) is 2.65. The van der Waals surface area contributed by atoms with E-state index in [1.807, 2.05) is 12.1 Å². The van der Waals surface area contributed by atoms with Crippen LogP contribution < -0.4 is 5.73 Å². The number of hydrogen-bond donors (Lipinski definition) is 2. The van der Waals surface area contributed by atoms with Gasteiger partial charge >= 0.3 is 0 Å². The second-order valence-corrected chi connectivity index (χ2v) is 3.81. The monoisotopic (exact) mass is 172 g/mol. The molecule has 2 aromatic rings. The number of nitrogens with one attached hydrogen (secondary N) is 1. The average Bonchev–Trinajstić information content (AvgIpc) is 2.87. The molecule has 0 aliphatic heterocycles. The molecule has 0 saturated heterocycles. The highest BCUT2D eigenvalue weighted by molar-refractivity contribution is 5.90. The number of para-hydroxylation sites is 1. The zero-order valence-corrected chi connectivity index (χ0v) is 7.38. The lowest BCUT2D eigenvalue weighted by molar-refractivity contribution is 1.06.